The van der Waals surface area contributed by atoms with Crippen LogP contribution in [-0.2, 0) is 4.79 Å². The van der Waals surface area contributed by atoms with E-state index in [1.165, 1.54) is 0 Å². The quantitative estimate of drug-likeness (QED) is 0.486. The van der Waals surface area contributed by atoms with Crippen molar-refractivity contribution in [2.24, 2.45) is 5.92 Å². The number of esters is 1. The molecule has 0 aliphatic carbocycles. The van der Waals surface area contributed by atoms with Gasteiger partial charge < -0.3 is 10.1 Å². The molecule has 5 heteroatoms. The Bertz CT molecular complexity index is 924. The van der Waals surface area contributed by atoms with Gasteiger partial charge in [-0.2, -0.15) is 0 Å². The molecule has 27 heavy (non-hydrogen) atoms. The minimum absolute atomic E-state index is 0.230. The van der Waals surface area contributed by atoms with Crippen LogP contribution in [0.5, 0.6) is 5.75 Å². The highest BCUT2D eigenvalue weighted by Crippen LogP contribution is 2.24. The largest absolute Gasteiger partial charge is 0.426 e. The molecular weight excluding hydrogens is 338 g/mol. The van der Waals surface area contributed by atoms with Gasteiger partial charge in [0.2, 0.25) is 0 Å². The van der Waals surface area contributed by atoms with E-state index in [2.05, 4.69) is 15.3 Å². The molecule has 0 saturated heterocycles. The minimum atomic E-state index is -0.230. The molecule has 0 saturated carbocycles. The molecule has 0 bridgehead atoms. The summed E-state index contributed by atoms with van der Waals surface area (Å²) in [6.45, 7) is 5.84. The number of carbonyl (C=O) groups is 1. The number of aryl methyl sites for hydroxylation is 1. The summed E-state index contributed by atoms with van der Waals surface area (Å²) in [5.41, 5.74) is 2.68. The highest BCUT2D eigenvalue weighted by atomic mass is 16.5. The van der Waals surface area contributed by atoms with Crippen molar-refractivity contribution < 1.29 is 9.53 Å². The van der Waals surface area contributed by atoms with Gasteiger partial charge in [-0.3, -0.25) is 4.79 Å². The molecule has 0 aliphatic heterocycles. The number of carbonyl (C=O) groups excluding carboxylic acids is 1. The van der Waals surface area contributed by atoms with E-state index in [1.54, 1.807) is 12.1 Å². The lowest BCUT2D eigenvalue weighted by atomic mass is 10.1. The second-order valence-corrected chi connectivity index (χ2v) is 6.78. The number of ether oxygens (including phenoxy) is 1. The highest BCUT2D eigenvalue weighted by Gasteiger charge is 2.09. The summed E-state index contributed by atoms with van der Waals surface area (Å²) in [6.07, 6.45) is 0.392. The topological polar surface area (TPSA) is 64.1 Å². The molecule has 0 spiro atoms. The summed E-state index contributed by atoms with van der Waals surface area (Å²) in [4.78, 5) is 20.8. The lowest BCUT2D eigenvalue weighted by molar-refractivity contribution is -0.135. The molecule has 1 aromatic heterocycles. The number of nitrogens with zero attached hydrogens (tertiary/aromatic N) is 2. The summed E-state index contributed by atoms with van der Waals surface area (Å²) in [7, 11) is 0. The lowest BCUT2D eigenvalue weighted by Gasteiger charge is -2.11. The van der Waals surface area contributed by atoms with E-state index in [9.17, 15) is 4.79 Å². The van der Waals surface area contributed by atoms with Gasteiger partial charge in [0.05, 0.1) is 5.69 Å². The normalized spacial score (nSPS) is 10.7. The van der Waals surface area contributed by atoms with E-state index in [0.29, 0.717) is 23.8 Å². The molecular formula is C22H23N3O2. The third kappa shape index (κ3) is 5.38. The maximum absolute atomic E-state index is 11.9. The molecule has 0 atom stereocenters. The van der Waals surface area contributed by atoms with Gasteiger partial charge in [0.1, 0.15) is 17.4 Å². The van der Waals surface area contributed by atoms with E-state index < -0.39 is 0 Å². The number of benzene rings is 2. The lowest BCUT2D eigenvalue weighted by Crippen LogP contribution is -2.10. The van der Waals surface area contributed by atoms with Gasteiger partial charge >= 0.3 is 5.97 Å². The zero-order chi connectivity index (χ0) is 19.2. The first-order valence-corrected chi connectivity index (χ1v) is 8.98. The number of nitrogens with one attached hydrogen (secondary N) is 1. The van der Waals surface area contributed by atoms with Crippen LogP contribution >= 0.6 is 0 Å². The average Bonchev–Trinajstić information content (AvgIpc) is 2.61. The third-order valence-corrected chi connectivity index (χ3v) is 3.82. The van der Waals surface area contributed by atoms with Crippen molar-refractivity contribution in [2.75, 3.05) is 5.32 Å². The van der Waals surface area contributed by atoms with Gasteiger partial charge in [-0.15, -0.1) is 0 Å². The van der Waals surface area contributed by atoms with E-state index in [4.69, 9.17) is 4.74 Å². The zero-order valence-corrected chi connectivity index (χ0v) is 15.8. The van der Waals surface area contributed by atoms with Gasteiger partial charge in [-0.1, -0.05) is 50.2 Å². The molecule has 1 N–H and O–H groups in total. The third-order valence-electron chi connectivity index (χ3n) is 3.82. The first kappa shape index (κ1) is 18.6. The molecule has 2 aromatic carbocycles. The van der Waals surface area contributed by atoms with Crippen LogP contribution in [-0.4, -0.2) is 15.9 Å². The summed E-state index contributed by atoms with van der Waals surface area (Å²) in [5, 5.41) is 3.27. The van der Waals surface area contributed by atoms with Crippen LogP contribution in [0.4, 0.5) is 11.5 Å². The first-order valence-electron chi connectivity index (χ1n) is 8.98. The van der Waals surface area contributed by atoms with E-state index in [-0.39, 0.29) is 11.9 Å². The van der Waals surface area contributed by atoms with Crippen LogP contribution in [0, 0.1) is 12.8 Å². The molecule has 0 radical (unpaired) electrons. The molecule has 0 amide bonds. The molecule has 0 fully saturated rings. The standard InChI is InChI=1S/C22H23N3O2/c1-15(2)12-22(26)27-19-11-7-10-18(13-19)25-21-14-20(23-16(3)24-21)17-8-5-4-6-9-17/h4-11,13-15H,12H2,1-3H3,(H,23,24,25). The molecule has 3 rings (SSSR count). The maximum atomic E-state index is 11.9. The zero-order valence-electron chi connectivity index (χ0n) is 15.8. The van der Waals surface area contributed by atoms with E-state index in [1.807, 2.05) is 69.3 Å². The molecule has 3 aromatic rings. The van der Waals surface area contributed by atoms with Gasteiger partial charge in [0, 0.05) is 29.8 Å². The molecule has 138 valence electrons. The number of hydrogen-bond donors (Lipinski definition) is 1. The fourth-order valence-electron chi connectivity index (χ4n) is 2.68. The molecule has 0 aliphatic rings. The highest BCUT2D eigenvalue weighted by molar-refractivity contribution is 5.73. The number of aromatic nitrogens is 2. The Labute approximate surface area is 159 Å². The maximum Gasteiger partial charge on any atom is 0.311 e. The fourth-order valence-corrected chi connectivity index (χ4v) is 2.68. The van der Waals surface area contributed by atoms with Crippen molar-refractivity contribution in [3.8, 4) is 17.0 Å². The van der Waals surface area contributed by atoms with Crippen LogP contribution in [0.1, 0.15) is 26.1 Å². The van der Waals surface area contributed by atoms with E-state index >= 15 is 0 Å². The summed E-state index contributed by atoms with van der Waals surface area (Å²) in [6, 6.07) is 19.2. The van der Waals surface area contributed by atoms with Crippen LogP contribution < -0.4 is 10.1 Å². The van der Waals surface area contributed by atoms with Crippen LogP contribution in [0.25, 0.3) is 11.3 Å². The number of hydrogen-bond acceptors (Lipinski definition) is 5. The van der Waals surface area contributed by atoms with Crippen molar-refractivity contribution in [1.29, 1.82) is 0 Å². The number of anilines is 2. The van der Waals surface area contributed by atoms with Gasteiger partial charge in [-0.25, -0.2) is 9.97 Å². The molecule has 1 heterocycles. The predicted molar refractivity (Wildman–Crippen MR) is 107 cm³/mol. The Morgan fingerprint density at radius 3 is 2.56 bits per heavy atom. The smallest absolute Gasteiger partial charge is 0.311 e. The van der Waals surface area contributed by atoms with Gasteiger partial charge in [0.15, 0.2) is 0 Å². The predicted octanol–water partition coefficient (Wildman–Crippen LogP) is 5.15. The molecule has 5 nitrogen and oxygen atoms in total. The summed E-state index contributed by atoms with van der Waals surface area (Å²) in [5.74, 6) is 1.91. The van der Waals surface area contributed by atoms with Crippen LogP contribution in [0.3, 0.4) is 0 Å². The fraction of sp³-hybridized carbons (Fsp3) is 0.227. The average molecular weight is 361 g/mol. The summed E-state index contributed by atoms with van der Waals surface area (Å²) < 4.78 is 5.41. The summed E-state index contributed by atoms with van der Waals surface area (Å²) >= 11 is 0. The Balaban J connectivity index is 1.78. The van der Waals surface area contributed by atoms with Gasteiger partial charge in [0.25, 0.3) is 0 Å². The first-order chi connectivity index (χ1) is 13.0. The minimum Gasteiger partial charge on any atom is -0.426 e. The Morgan fingerprint density at radius 2 is 1.81 bits per heavy atom. The van der Waals surface area contributed by atoms with Crippen molar-refractivity contribution in [3.63, 3.8) is 0 Å². The van der Waals surface area contributed by atoms with E-state index in [0.717, 1.165) is 16.9 Å². The Hall–Kier alpha value is -3.21. The van der Waals surface area contributed by atoms with Crippen molar-refractivity contribution in [1.82, 2.24) is 9.97 Å². The second kappa shape index (κ2) is 8.45. The Kier molecular flexibility index (Phi) is 5.81. The SMILES string of the molecule is Cc1nc(Nc2cccc(OC(=O)CC(C)C)c2)cc(-c2ccccc2)n1. The van der Waals surface area contributed by atoms with Crippen LogP contribution in [0.2, 0.25) is 0 Å². The van der Waals surface area contributed by atoms with Crippen molar-refractivity contribution >= 4 is 17.5 Å². The monoisotopic (exact) mass is 361 g/mol. The van der Waals surface area contributed by atoms with Crippen LogP contribution in [0.15, 0.2) is 60.7 Å². The van der Waals surface area contributed by atoms with Crippen molar-refractivity contribution in [3.05, 3.63) is 66.5 Å². The van der Waals surface area contributed by atoms with Gasteiger partial charge in [-0.05, 0) is 25.0 Å². The Morgan fingerprint density at radius 1 is 1.04 bits per heavy atom. The number of rotatable bonds is 6. The van der Waals surface area contributed by atoms with Crippen molar-refractivity contribution in [2.45, 2.75) is 27.2 Å². The second-order valence-electron chi connectivity index (χ2n) is 6.78. The molecule has 0 unspecified atom stereocenters.